The number of hydrogen-bond acceptors (Lipinski definition) is 6. The Morgan fingerprint density at radius 1 is 1.08 bits per heavy atom. The van der Waals surface area contributed by atoms with E-state index >= 15 is 0 Å². The maximum Gasteiger partial charge on any atom is 0.248 e. The Morgan fingerprint density at radius 3 is 2.41 bits per heavy atom. The van der Waals surface area contributed by atoms with Gasteiger partial charge in [0.1, 0.15) is 12.4 Å². The molecule has 1 N–H and O–H groups in total. The fraction of sp³-hybridized carbons (Fsp3) is 0.536. The number of methoxy groups -OCH3 is 1. The van der Waals surface area contributed by atoms with Gasteiger partial charge in [-0.1, -0.05) is 30.3 Å². The van der Waals surface area contributed by atoms with Gasteiger partial charge in [-0.2, -0.15) is 4.31 Å². The largest absolute Gasteiger partial charge is 0.496 e. The molecule has 0 radical (unpaired) electrons. The number of ether oxygens (including phenoxy) is 2. The van der Waals surface area contributed by atoms with Gasteiger partial charge in [0, 0.05) is 32.6 Å². The Labute approximate surface area is 220 Å². The number of aryl methyl sites for hydroxylation is 1. The fourth-order valence-electron chi connectivity index (χ4n) is 5.42. The molecule has 1 amide bonds. The molecule has 0 aromatic heterocycles. The summed E-state index contributed by atoms with van der Waals surface area (Å²) in [6.07, 6.45) is 1.81. The van der Waals surface area contributed by atoms with Gasteiger partial charge >= 0.3 is 0 Å². The number of amides is 1. The predicted octanol–water partition coefficient (Wildman–Crippen LogP) is 3.00. The number of nitrogens with zero attached hydrogens (tertiary/aromatic N) is 2. The van der Waals surface area contributed by atoms with Crippen molar-refractivity contribution in [2.75, 3.05) is 39.9 Å². The van der Waals surface area contributed by atoms with Crippen molar-refractivity contribution < 1.29 is 27.8 Å². The first-order valence-corrected chi connectivity index (χ1v) is 14.3. The average molecular weight is 531 g/mol. The van der Waals surface area contributed by atoms with E-state index in [0.29, 0.717) is 67.1 Å². The minimum atomic E-state index is -3.70. The molecule has 1 atom stereocenters. The molecule has 0 bridgehead atoms. The molecule has 2 heterocycles. The maximum atomic E-state index is 13.5. The highest BCUT2D eigenvalue weighted by Crippen LogP contribution is 2.34. The van der Waals surface area contributed by atoms with Crippen LogP contribution in [0.5, 0.6) is 5.75 Å². The minimum Gasteiger partial charge on any atom is -0.496 e. The Kier molecular flexibility index (Phi) is 8.28. The normalized spacial score (nSPS) is 20.2. The van der Waals surface area contributed by atoms with Gasteiger partial charge in [0.25, 0.3) is 0 Å². The summed E-state index contributed by atoms with van der Waals surface area (Å²) in [5, 5.41) is 11.0. The van der Waals surface area contributed by atoms with Crippen molar-refractivity contribution in [2.24, 2.45) is 0 Å². The van der Waals surface area contributed by atoms with Crippen LogP contribution in [0, 0.1) is 20.8 Å². The van der Waals surface area contributed by atoms with Crippen molar-refractivity contribution >= 4 is 15.9 Å². The third-order valence-electron chi connectivity index (χ3n) is 7.77. The first kappa shape index (κ1) is 27.6. The topological polar surface area (TPSA) is 96.4 Å². The molecule has 1 unspecified atom stereocenters. The van der Waals surface area contributed by atoms with E-state index in [1.54, 1.807) is 31.9 Å². The third kappa shape index (κ3) is 6.00. The van der Waals surface area contributed by atoms with E-state index in [9.17, 15) is 18.3 Å². The van der Waals surface area contributed by atoms with E-state index in [-0.39, 0.29) is 25.2 Å². The molecule has 2 aromatic rings. The number of aliphatic hydroxyl groups is 1. The van der Waals surface area contributed by atoms with Crippen LogP contribution < -0.4 is 4.74 Å². The molecule has 8 nitrogen and oxygen atoms in total. The minimum absolute atomic E-state index is 0.0879. The summed E-state index contributed by atoms with van der Waals surface area (Å²) in [6.45, 7) is 6.88. The van der Waals surface area contributed by atoms with Crippen LogP contribution in [0.1, 0.15) is 41.5 Å². The number of hydrogen-bond donors (Lipinski definition) is 1. The van der Waals surface area contributed by atoms with E-state index in [1.165, 1.54) is 4.31 Å². The number of sulfonamides is 1. The summed E-state index contributed by atoms with van der Waals surface area (Å²) < 4.78 is 39.7. The number of benzene rings is 2. The van der Waals surface area contributed by atoms with Crippen LogP contribution in [0.2, 0.25) is 0 Å². The maximum absolute atomic E-state index is 13.5. The van der Waals surface area contributed by atoms with Crippen molar-refractivity contribution in [3.8, 4) is 5.75 Å². The van der Waals surface area contributed by atoms with Crippen molar-refractivity contribution in [3.63, 3.8) is 0 Å². The zero-order valence-electron chi connectivity index (χ0n) is 22.2. The smallest absolute Gasteiger partial charge is 0.248 e. The average Bonchev–Trinajstić information content (AvgIpc) is 3.36. The number of carbonyl (C=O) groups excluding carboxylic acids is 1. The van der Waals surface area contributed by atoms with Gasteiger partial charge in [-0.25, -0.2) is 8.42 Å². The molecule has 4 rings (SSSR count). The van der Waals surface area contributed by atoms with E-state index in [0.717, 1.165) is 11.1 Å². The van der Waals surface area contributed by atoms with Gasteiger partial charge in [-0.05, 0) is 68.4 Å². The summed E-state index contributed by atoms with van der Waals surface area (Å²) in [7, 11) is -2.13. The van der Waals surface area contributed by atoms with E-state index in [2.05, 4.69) is 0 Å². The van der Waals surface area contributed by atoms with Crippen LogP contribution in [0.15, 0.2) is 41.3 Å². The molecule has 202 valence electrons. The molecular formula is C28H38N2O6S. The Morgan fingerprint density at radius 2 is 1.76 bits per heavy atom. The lowest BCUT2D eigenvalue weighted by molar-refractivity contribution is -0.142. The lowest BCUT2D eigenvalue weighted by Gasteiger charge is -2.38. The highest BCUT2D eigenvalue weighted by Gasteiger charge is 2.37. The Bertz CT molecular complexity index is 1220. The van der Waals surface area contributed by atoms with Crippen LogP contribution in [-0.4, -0.2) is 80.2 Å². The van der Waals surface area contributed by atoms with Gasteiger partial charge in [0.05, 0.1) is 23.7 Å². The highest BCUT2D eigenvalue weighted by molar-refractivity contribution is 7.89. The van der Waals surface area contributed by atoms with Crippen LogP contribution >= 0.6 is 0 Å². The molecule has 0 spiro atoms. The Hall–Kier alpha value is -2.46. The fourth-order valence-corrected chi connectivity index (χ4v) is 7.39. The molecule has 2 fully saturated rings. The first-order chi connectivity index (χ1) is 17.5. The summed E-state index contributed by atoms with van der Waals surface area (Å²) in [6, 6.07) is 11.7. The predicted molar refractivity (Wildman–Crippen MR) is 141 cm³/mol. The molecule has 37 heavy (non-hydrogen) atoms. The standard InChI is InChI=1S/C28H38N2O6S/c1-20-16-25(35-4)21(2)22(3)27(20)37(33,34)30-13-10-24(18-30)36-19-26(31)29-14-11-28(32,12-15-29)17-23-8-6-5-7-9-23/h5-9,16,24,32H,10-15,17-19H2,1-4H3. The number of likely N-dealkylation sites (tertiary alicyclic amines) is 1. The van der Waals surface area contributed by atoms with Crippen molar-refractivity contribution in [1.29, 1.82) is 0 Å². The summed E-state index contributed by atoms with van der Waals surface area (Å²) in [4.78, 5) is 14.8. The molecular weight excluding hydrogens is 492 g/mol. The van der Waals surface area contributed by atoms with Gasteiger partial charge in [0.15, 0.2) is 0 Å². The SMILES string of the molecule is COc1cc(C)c(S(=O)(=O)N2CCC(OCC(=O)N3CCC(O)(Cc4ccccc4)CC3)C2)c(C)c1C. The van der Waals surface area contributed by atoms with Gasteiger partial charge in [-0.3, -0.25) is 4.79 Å². The summed E-state index contributed by atoms with van der Waals surface area (Å²) in [5.41, 5.74) is 2.42. The zero-order chi connectivity index (χ0) is 26.8. The van der Waals surface area contributed by atoms with E-state index in [1.807, 2.05) is 37.3 Å². The monoisotopic (exact) mass is 530 g/mol. The number of piperidine rings is 1. The molecule has 2 aliphatic heterocycles. The summed E-state index contributed by atoms with van der Waals surface area (Å²) >= 11 is 0. The lowest BCUT2D eigenvalue weighted by atomic mass is 9.85. The molecule has 0 saturated carbocycles. The van der Waals surface area contributed by atoms with Gasteiger partial charge in [-0.15, -0.1) is 0 Å². The summed E-state index contributed by atoms with van der Waals surface area (Å²) in [5.74, 6) is 0.548. The van der Waals surface area contributed by atoms with Crippen LogP contribution in [0.3, 0.4) is 0 Å². The molecule has 9 heteroatoms. The number of rotatable bonds is 8. The molecule has 2 aliphatic rings. The zero-order valence-corrected chi connectivity index (χ0v) is 23.0. The number of carbonyl (C=O) groups is 1. The highest BCUT2D eigenvalue weighted by atomic mass is 32.2. The van der Waals surface area contributed by atoms with E-state index < -0.39 is 15.6 Å². The van der Waals surface area contributed by atoms with Crippen molar-refractivity contribution in [2.45, 2.75) is 63.1 Å². The molecule has 2 aromatic carbocycles. The first-order valence-electron chi connectivity index (χ1n) is 12.8. The second-order valence-corrected chi connectivity index (χ2v) is 12.2. The third-order valence-corrected chi connectivity index (χ3v) is 9.92. The quantitative estimate of drug-likeness (QED) is 0.564. The second-order valence-electron chi connectivity index (χ2n) is 10.3. The lowest BCUT2D eigenvalue weighted by Crippen LogP contribution is -2.48. The van der Waals surface area contributed by atoms with Crippen LogP contribution in [-0.2, 0) is 26.0 Å². The second kappa shape index (κ2) is 11.1. The van der Waals surface area contributed by atoms with E-state index in [4.69, 9.17) is 9.47 Å². The van der Waals surface area contributed by atoms with Crippen LogP contribution in [0.4, 0.5) is 0 Å². The van der Waals surface area contributed by atoms with Crippen LogP contribution in [0.25, 0.3) is 0 Å². The molecule has 0 aliphatic carbocycles. The van der Waals surface area contributed by atoms with Gasteiger partial charge in [0.2, 0.25) is 15.9 Å². The van der Waals surface area contributed by atoms with Crippen molar-refractivity contribution in [1.82, 2.24) is 9.21 Å². The van der Waals surface area contributed by atoms with Crippen molar-refractivity contribution in [3.05, 3.63) is 58.7 Å². The Balaban J connectivity index is 1.30. The molecule has 2 saturated heterocycles. The van der Waals surface area contributed by atoms with Gasteiger partial charge < -0.3 is 19.5 Å².